The molecule has 1 aliphatic rings. The van der Waals surface area contributed by atoms with Crippen LogP contribution in [-0.2, 0) is 6.42 Å². The standard InChI is InChI=1S/C10H10BrF/c1-6-2-5-9(12)10-7(6)3-4-8(10)11/h2,5,8H,3-4H2,1H3. The summed E-state index contributed by atoms with van der Waals surface area (Å²) in [4.78, 5) is 0.229. The van der Waals surface area contributed by atoms with Gasteiger partial charge in [0.15, 0.2) is 0 Å². The number of aryl methyl sites for hydroxylation is 1. The van der Waals surface area contributed by atoms with E-state index in [1.165, 1.54) is 11.1 Å². The van der Waals surface area contributed by atoms with Crippen molar-refractivity contribution in [2.24, 2.45) is 0 Å². The topological polar surface area (TPSA) is 0 Å². The van der Waals surface area contributed by atoms with Crippen molar-refractivity contribution >= 4 is 15.9 Å². The summed E-state index contributed by atoms with van der Waals surface area (Å²) in [5.41, 5.74) is 3.31. The smallest absolute Gasteiger partial charge is 0.127 e. The van der Waals surface area contributed by atoms with Crippen molar-refractivity contribution in [2.75, 3.05) is 0 Å². The Hall–Kier alpha value is -0.370. The van der Waals surface area contributed by atoms with Gasteiger partial charge in [-0.15, -0.1) is 0 Å². The second-order valence-corrected chi connectivity index (χ2v) is 4.37. The molecule has 0 bridgehead atoms. The van der Waals surface area contributed by atoms with E-state index in [4.69, 9.17) is 0 Å². The lowest BCUT2D eigenvalue weighted by Gasteiger charge is -2.06. The largest absolute Gasteiger partial charge is 0.207 e. The zero-order chi connectivity index (χ0) is 8.72. The maximum Gasteiger partial charge on any atom is 0.127 e. The van der Waals surface area contributed by atoms with Crippen molar-refractivity contribution in [3.05, 3.63) is 34.6 Å². The van der Waals surface area contributed by atoms with Crippen molar-refractivity contribution in [1.82, 2.24) is 0 Å². The van der Waals surface area contributed by atoms with E-state index in [0.29, 0.717) is 0 Å². The van der Waals surface area contributed by atoms with Crippen LogP contribution >= 0.6 is 15.9 Å². The molecule has 1 aromatic rings. The van der Waals surface area contributed by atoms with Crippen molar-refractivity contribution in [3.8, 4) is 0 Å². The fourth-order valence-corrected chi connectivity index (χ4v) is 2.55. The van der Waals surface area contributed by atoms with E-state index in [1.54, 1.807) is 6.07 Å². The molecule has 64 valence electrons. The molecule has 2 rings (SSSR count). The molecular weight excluding hydrogens is 219 g/mol. The lowest BCUT2D eigenvalue weighted by Crippen LogP contribution is -1.92. The Kier molecular flexibility index (Phi) is 1.95. The highest BCUT2D eigenvalue weighted by Gasteiger charge is 2.24. The summed E-state index contributed by atoms with van der Waals surface area (Å²) in [5, 5.41) is 0. The number of fused-ring (bicyclic) bond motifs is 1. The molecule has 0 saturated carbocycles. The van der Waals surface area contributed by atoms with Crippen molar-refractivity contribution in [1.29, 1.82) is 0 Å². The molecule has 2 heteroatoms. The minimum atomic E-state index is -0.0602. The Morgan fingerprint density at radius 1 is 1.50 bits per heavy atom. The first kappa shape index (κ1) is 8.24. The molecule has 0 aliphatic heterocycles. The van der Waals surface area contributed by atoms with Crippen LogP contribution in [0, 0.1) is 12.7 Å². The second-order valence-electron chi connectivity index (χ2n) is 3.26. The molecule has 0 amide bonds. The van der Waals surface area contributed by atoms with Crippen LogP contribution < -0.4 is 0 Å². The first-order valence-electron chi connectivity index (χ1n) is 4.12. The SMILES string of the molecule is Cc1ccc(F)c2c1CCC2Br. The lowest BCUT2D eigenvalue weighted by molar-refractivity contribution is 0.611. The number of hydrogen-bond acceptors (Lipinski definition) is 0. The molecule has 0 heterocycles. The van der Waals surface area contributed by atoms with Gasteiger partial charge in [-0.25, -0.2) is 4.39 Å². The summed E-state index contributed by atoms with van der Waals surface area (Å²) in [5.74, 6) is -0.0602. The van der Waals surface area contributed by atoms with Gasteiger partial charge in [-0.05, 0) is 37.0 Å². The molecule has 1 aliphatic carbocycles. The molecule has 1 aromatic carbocycles. The maximum absolute atomic E-state index is 13.3. The first-order valence-corrected chi connectivity index (χ1v) is 5.03. The lowest BCUT2D eigenvalue weighted by atomic mass is 10.0. The van der Waals surface area contributed by atoms with Crippen LogP contribution in [0.4, 0.5) is 4.39 Å². The van der Waals surface area contributed by atoms with E-state index < -0.39 is 0 Å². The number of hydrogen-bond donors (Lipinski definition) is 0. The van der Waals surface area contributed by atoms with Gasteiger partial charge in [0.25, 0.3) is 0 Å². The Bertz CT molecular complexity index is 320. The summed E-state index contributed by atoms with van der Waals surface area (Å²) in [6.07, 6.45) is 2.03. The first-order chi connectivity index (χ1) is 5.70. The van der Waals surface area contributed by atoms with Gasteiger partial charge in [-0.3, -0.25) is 0 Å². The molecule has 0 fully saturated rings. The van der Waals surface area contributed by atoms with Crippen molar-refractivity contribution in [3.63, 3.8) is 0 Å². The second kappa shape index (κ2) is 2.84. The van der Waals surface area contributed by atoms with Gasteiger partial charge in [0.05, 0.1) is 0 Å². The van der Waals surface area contributed by atoms with Crippen LogP contribution in [0.2, 0.25) is 0 Å². The van der Waals surface area contributed by atoms with Crippen molar-refractivity contribution < 1.29 is 4.39 Å². The minimum Gasteiger partial charge on any atom is -0.207 e. The van der Waals surface area contributed by atoms with Crippen LogP contribution in [0.1, 0.15) is 27.9 Å². The Morgan fingerprint density at radius 3 is 2.92 bits per heavy atom. The summed E-state index contributed by atoms with van der Waals surface area (Å²) in [7, 11) is 0. The van der Waals surface area contributed by atoms with Gasteiger partial charge in [0.2, 0.25) is 0 Å². The Balaban J connectivity index is 2.64. The van der Waals surface area contributed by atoms with Crippen LogP contribution in [-0.4, -0.2) is 0 Å². The van der Waals surface area contributed by atoms with Gasteiger partial charge in [0, 0.05) is 10.4 Å². The number of benzene rings is 1. The average molecular weight is 229 g/mol. The highest BCUT2D eigenvalue weighted by atomic mass is 79.9. The molecule has 0 spiro atoms. The zero-order valence-corrected chi connectivity index (χ0v) is 8.49. The van der Waals surface area contributed by atoms with E-state index in [9.17, 15) is 4.39 Å². The van der Waals surface area contributed by atoms with Crippen LogP contribution in [0.25, 0.3) is 0 Å². The molecule has 1 unspecified atom stereocenters. The quantitative estimate of drug-likeness (QED) is 0.597. The number of alkyl halides is 1. The Morgan fingerprint density at radius 2 is 2.25 bits per heavy atom. The monoisotopic (exact) mass is 228 g/mol. The fraction of sp³-hybridized carbons (Fsp3) is 0.400. The van der Waals surface area contributed by atoms with Gasteiger partial charge in [0.1, 0.15) is 5.82 Å². The van der Waals surface area contributed by atoms with Crippen LogP contribution in [0.15, 0.2) is 12.1 Å². The third kappa shape index (κ3) is 1.09. The average Bonchev–Trinajstić information content (AvgIpc) is 2.42. The third-order valence-electron chi connectivity index (χ3n) is 2.50. The molecule has 0 saturated heterocycles. The van der Waals surface area contributed by atoms with Crippen LogP contribution in [0.3, 0.4) is 0 Å². The van der Waals surface area contributed by atoms with E-state index in [1.807, 2.05) is 13.0 Å². The van der Waals surface area contributed by atoms with Gasteiger partial charge >= 0.3 is 0 Å². The molecule has 0 nitrogen and oxygen atoms in total. The van der Waals surface area contributed by atoms with E-state index >= 15 is 0 Å². The molecule has 0 radical (unpaired) electrons. The van der Waals surface area contributed by atoms with Crippen molar-refractivity contribution in [2.45, 2.75) is 24.6 Å². The molecule has 0 N–H and O–H groups in total. The summed E-state index contributed by atoms with van der Waals surface area (Å²) in [6.45, 7) is 2.04. The molecular formula is C10H10BrF. The fourth-order valence-electron chi connectivity index (χ4n) is 1.83. The normalized spacial score (nSPS) is 21.1. The highest BCUT2D eigenvalue weighted by molar-refractivity contribution is 9.09. The summed E-state index contributed by atoms with van der Waals surface area (Å²) >= 11 is 3.48. The van der Waals surface area contributed by atoms with E-state index in [-0.39, 0.29) is 10.6 Å². The number of halogens is 2. The van der Waals surface area contributed by atoms with E-state index in [0.717, 1.165) is 18.4 Å². The minimum absolute atomic E-state index is 0.0602. The van der Waals surface area contributed by atoms with Gasteiger partial charge in [-0.2, -0.15) is 0 Å². The van der Waals surface area contributed by atoms with Gasteiger partial charge in [-0.1, -0.05) is 22.0 Å². The third-order valence-corrected chi connectivity index (χ3v) is 3.41. The molecule has 0 aromatic heterocycles. The summed E-state index contributed by atoms with van der Waals surface area (Å²) in [6, 6.07) is 3.42. The van der Waals surface area contributed by atoms with Gasteiger partial charge < -0.3 is 0 Å². The highest BCUT2D eigenvalue weighted by Crippen LogP contribution is 2.40. The molecule has 12 heavy (non-hydrogen) atoms. The molecule has 1 atom stereocenters. The predicted molar refractivity (Wildman–Crippen MR) is 51.1 cm³/mol. The predicted octanol–water partition coefficient (Wildman–Crippen LogP) is 3.52. The summed E-state index contributed by atoms with van der Waals surface area (Å²) < 4.78 is 13.3. The zero-order valence-electron chi connectivity index (χ0n) is 6.90. The maximum atomic E-state index is 13.3. The van der Waals surface area contributed by atoms with Crippen LogP contribution in [0.5, 0.6) is 0 Å². The Labute approximate surface area is 79.9 Å². The number of rotatable bonds is 0. The van der Waals surface area contributed by atoms with E-state index in [2.05, 4.69) is 15.9 Å².